The highest BCUT2D eigenvalue weighted by Crippen LogP contribution is 2.29. The molecule has 35 heavy (non-hydrogen) atoms. The first-order valence-corrected chi connectivity index (χ1v) is 11.4. The lowest BCUT2D eigenvalue weighted by molar-refractivity contribution is -0.138. The number of anilines is 2. The number of benzene rings is 3. The van der Waals surface area contributed by atoms with Gasteiger partial charge < -0.3 is 14.7 Å². The lowest BCUT2D eigenvalue weighted by Crippen LogP contribution is -2.35. The summed E-state index contributed by atoms with van der Waals surface area (Å²) >= 11 is 1.36. The lowest BCUT2D eigenvalue weighted by Gasteiger charge is -2.22. The molecule has 0 aliphatic carbocycles. The molecule has 0 spiro atoms. The molecule has 176 valence electrons. The SMILES string of the molecule is O=C(Nc1nc2ccccc2s1)c1ccc(N(Cc2ccc(F)cc2)C(=O)[C@H]2O[C@@H]2C(=O)O)cc1. The highest BCUT2D eigenvalue weighted by Gasteiger charge is 2.52. The van der Waals surface area contributed by atoms with Crippen LogP contribution in [0, 0.1) is 5.82 Å². The van der Waals surface area contributed by atoms with Crippen molar-refractivity contribution in [2.45, 2.75) is 18.8 Å². The Balaban J connectivity index is 1.35. The van der Waals surface area contributed by atoms with Crippen molar-refractivity contribution in [3.8, 4) is 0 Å². The molecule has 1 fully saturated rings. The maximum Gasteiger partial charge on any atom is 0.336 e. The number of carboxylic acids is 1. The molecule has 5 rings (SSSR count). The smallest absolute Gasteiger partial charge is 0.336 e. The number of carbonyl (C=O) groups excluding carboxylic acids is 2. The number of fused-ring (bicyclic) bond motifs is 1. The van der Waals surface area contributed by atoms with Crippen LogP contribution >= 0.6 is 11.3 Å². The average Bonchev–Trinajstić information content (AvgIpc) is 3.57. The number of rotatable bonds is 7. The van der Waals surface area contributed by atoms with Crippen LogP contribution in [0.15, 0.2) is 72.8 Å². The minimum absolute atomic E-state index is 0.0720. The number of thiazole rings is 1. The standard InChI is InChI=1S/C25H18FN3O5S/c26-16-9-5-14(6-10-16)13-29(23(31)20-21(34-20)24(32)33)17-11-7-15(8-12-17)22(30)28-25-27-18-3-1-2-4-19(18)35-25/h1-12,20-21H,13H2,(H,32,33)(H,27,28,30)/t20-,21-/m0/s1. The van der Waals surface area contributed by atoms with Crippen LogP contribution in [0.2, 0.25) is 0 Å². The van der Waals surface area contributed by atoms with E-state index in [9.17, 15) is 18.8 Å². The molecule has 0 bridgehead atoms. The van der Waals surface area contributed by atoms with Gasteiger partial charge in [-0.25, -0.2) is 14.2 Å². The zero-order valence-electron chi connectivity index (χ0n) is 18.1. The Bertz CT molecular complexity index is 1390. The van der Waals surface area contributed by atoms with E-state index >= 15 is 0 Å². The van der Waals surface area contributed by atoms with Gasteiger partial charge in [0.1, 0.15) is 5.82 Å². The molecule has 1 aromatic heterocycles. The second kappa shape index (κ2) is 9.24. The van der Waals surface area contributed by atoms with Crippen LogP contribution < -0.4 is 10.2 Å². The van der Waals surface area contributed by atoms with E-state index in [1.54, 1.807) is 24.3 Å². The normalized spacial score (nSPS) is 16.6. The Labute approximate surface area is 202 Å². The number of hydrogen-bond acceptors (Lipinski definition) is 6. The molecule has 1 saturated heterocycles. The fraction of sp³-hybridized carbons (Fsp3) is 0.120. The van der Waals surface area contributed by atoms with Crippen molar-refractivity contribution in [2.24, 2.45) is 0 Å². The molecule has 0 radical (unpaired) electrons. The Hall–Kier alpha value is -4.15. The monoisotopic (exact) mass is 491 g/mol. The maximum atomic E-state index is 13.3. The number of aliphatic carboxylic acids is 1. The number of halogens is 1. The summed E-state index contributed by atoms with van der Waals surface area (Å²) in [6.07, 6.45) is -2.30. The molecule has 8 nitrogen and oxygen atoms in total. The Morgan fingerprint density at radius 2 is 1.71 bits per heavy atom. The van der Waals surface area contributed by atoms with Gasteiger partial charge in [-0.1, -0.05) is 35.6 Å². The topological polar surface area (TPSA) is 112 Å². The molecule has 1 aliphatic heterocycles. The quantitative estimate of drug-likeness (QED) is 0.377. The summed E-state index contributed by atoms with van der Waals surface area (Å²) in [6.45, 7) is 0.0720. The highest BCUT2D eigenvalue weighted by atomic mass is 32.1. The van der Waals surface area contributed by atoms with Gasteiger partial charge in [-0.3, -0.25) is 14.9 Å². The molecule has 0 saturated carbocycles. The summed E-state index contributed by atoms with van der Waals surface area (Å²) in [5.74, 6) is -2.52. The number of carboxylic acid groups (broad SMARTS) is 1. The molecule has 2 amide bonds. The zero-order chi connectivity index (χ0) is 24.5. The first kappa shape index (κ1) is 22.6. The minimum Gasteiger partial charge on any atom is -0.479 e. The Kier molecular flexibility index (Phi) is 5.98. The van der Waals surface area contributed by atoms with Crippen LogP contribution in [0.3, 0.4) is 0 Å². The van der Waals surface area contributed by atoms with E-state index in [1.807, 2.05) is 24.3 Å². The van der Waals surface area contributed by atoms with E-state index in [0.717, 1.165) is 10.2 Å². The number of nitrogens with one attached hydrogen (secondary N) is 1. The van der Waals surface area contributed by atoms with Crippen LogP contribution in [0.4, 0.5) is 15.2 Å². The van der Waals surface area contributed by atoms with Gasteiger partial charge in [-0.05, 0) is 54.1 Å². The number of carbonyl (C=O) groups is 3. The van der Waals surface area contributed by atoms with Crippen LogP contribution in [-0.2, 0) is 20.9 Å². The van der Waals surface area contributed by atoms with Gasteiger partial charge in [0, 0.05) is 11.3 Å². The number of aromatic nitrogens is 1. The second-order valence-corrected chi connectivity index (χ2v) is 8.88. The first-order chi connectivity index (χ1) is 16.9. The van der Waals surface area contributed by atoms with Crippen molar-refractivity contribution < 1.29 is 28.6 Å². The van der Waals surface area contributed by atoms with E-state index < -0.39 is 29.9 Å². The molecule has 1 aliphatic rings. The van der Waals surface area contributed by atoms with Gasteiger partial charge in [0.2, 0.25) is 0 Å². The van der Waals surface area contributed by atoms with Gasteiger partial charge in [-0.15, -0.1) is 0 Å². The van der Waals surface area contributed by atoms with Gasteiger partial charge in [0.05, 0.1) is 16.8 Å². The lowest BCUT2D eigenvalue weighted by atomic mass is 10.1. The van der Waals surface area contributed by atoms with Crippen molar-refractivity contribution >= 4 is 50.2 Å². The van der Waals surface area contributed by atoms with E-state index in [1.165, 1.54) is 40.5 Å². The zero-order valence-corrected chi connectivity index (χ0v) is 18.9. The van der Waals surface area contributed by atoms with Crippen molar-refractivity contribution in [2.75, 3.05) is 10.2 Å². The van der Waals surface area contributed by atoms with Crippen molar-refractivity contribution in [3.63, 3.8) is 0 Å². The third kappa shape index (κ3) is 4.88. The summed E-state index contributed by atoms with van der Waals surface area (Å²) in [4.78, 5) is 42.7. The van der Waals surface area contributed by atoms with E-state index in [2.05, 4.69) is 10.3 Å². The Morgan fingerprint density at radius 1 is 1.00 bits per heavy atom. The van der Waals surface area contributed by atoms with Gasteiger partial charge in [0.15, 0.2) is 17.3 Å². The van der Waals surface area contributed by atoms with Crippen molar-refractivity contribution in [1.82, 2.24) is 4.98 Å². The van der Waals surface area contributed by atoms with Crippen molar-refractivity contribution in [3.05, 3.63) is 89.7 Å². The summed E-state index contributed by atoms with van der Waals surface area (Å²) in [5.41, 5.74) is 2.23. The van der Waals surface area contributed by atoms with Crippen LogP contribution in [-0.4, -0.2) is 40.1 Å². The number of hydrogen-bond donors (Lipinski definition) is 2. The molecule has 0 unspecified atom stereocenters. The average molecular weight is 492 g/mol. The molecule has 3 aromatic carbocycles. The van der Waals surface area contributed by atoms with Crippen molar-refractivity contribution in [1.29, 1.82) is 0 Å². The summed E-state index contributed by atoms with van der Waals surface area (Å²) in [7, 11) is 0. The van der Waals surface area contributed by atoms with Crippen LogP contribution in [0.1, 0.15) is 15.9 Å². The summed E-state index contributed by atoms with van der Waals surface area (Å²) in [5, 5.41) is 12.4. The van der Waals surface area contributed by atoms with Gasteiger partial charge in [0.25, 0.3) is 11.8 Å². The van der Waals surface area contributed by atoms with E-state index in [0.29, 0.717) is 21.9 Å². The second-order valence-electron chi connectivity index (χ2n) is 7.85. The van der Waals surface area contributed by atoms with E-state index in [-0.39, 0.29) is 12.5 Å². The molecule has 2 heterocycles. The third-order valence-corrected chi connectivity index (χ3v) is 6.41. The number of nitrogens with zero attached hydrogens (tertiary/aromatic N) is 2. The number of para-hydroxylation sites is 1. The fourth-order valence-electron chi connectivity index (χ4n) is 3.60. The third-order valence-electron chi connectivity index (χ3n) is 5.45. The summed E-state index contributed by atoms with van der Waals surface area (Å²) in [6, 6.07) is 19.5. The van der Waals surface area contributed by atoms with E-state index in [4.69, 9.17) is 9.84 Å². The molecular weight excluding hydrogens is 473 g/mol. The van der Waals surface area contributed by atoms with Gasteiger partial charge in [-0.2, -0.15) is 0 Å². The summed E-state index contributed by atoms with van der Waals surface area (Å²) < 4.78 is 19.3. The predicted octanol–water partition coefficient (Wildman–Crippen LogP) is 4.07. The number of epoxide rings is 1. The number of amides is 2. The highest BCUT2D eigenvalue weighted by molar-refractivity contribution is 7.22. The molecule has 2 N–H and O–H groups in total. The molecule has 4 aromatic rings. The molecule has 10 heteroatoms. The minimum atomic E-state index is -1.22. The fourth-order valence-corrected chi connectivity index (χ4v) is 4.46. The van der Waals surface area contributed by atoms with Crippen LogP contribution in [0.5, 0.6) is 0 Å². The predicted molar refractivity (Wildman–Crippen MR) is 128 cm³/mol. The largest absolute Gasteiger partial charge is 0.479 e. The number of ether oxygens (including phenoxy) is 1. The van der Waals surface area contributed by atoms with Crippen LogP contribution in [0.25, 0.3) is 10.2 Å². The first-order valence-electron chi connectivity index (χ1n) is 10.6. The molecule has 2 atom stereocenters. The molecular formula is C25H18FN3O5S. The Morgan fingerprint density at radius 3 is 2.37 bits per heavy atom. The van der Waals surface area contributed by atoms with Gasteiger partial charge >= 0.3 is 5.97 Å². The maximum absolute atomic E-state index is 13.3.